The van der Waals surface area contributed by atoms with Gasteiger partial charge in [0.05, 0.1) is 0 Å². The van der Waals surface area contributed by atoms with Crippen molar-refractivity contribution in [2.75, 3.05) is 26.2 Å². The Morgan fingerprint density at radius 3 is 2.52 bits per heavy atom. The Kier molecular flexibility index (Phi) is 7.10. The summed E-state index contributed by atoms with van der Waals surface area (Å²) in [5, 5.41) is 3.08. The smallest absolute Gasteiger partial charge is 0.220 e. The van der Waals surface area contributed by atoms with E-state index in [2.05, 4.69) is 43.1 Å². The fraction of sp³-hybridized carbons (Fsp3) is 0.650. The second-order valence-corrected chi connectivity index (χ2v) is 7.42. The van der Waals surface area contributed by atoms with E-state index in [9.17, 15) is 4.79 Å². The van der Waals surface area contributed by atoms with Crippen molar-refractivity contribution in [3.63, 3.8) is 0 Å². The molecule has 2 rings (SSSR count). The fourth-order valence-corrected chi connectivity index (χ4v) is 3.75. The molecule has 1 saturated heterocycles. The molecule has 3 heteroatoms. The number of hydrogen-bond acceptors (Lipinski definition) is 2. The lowest BCUT2D eigenvalue weighted by Gasteiger charge is -2.34. The molecule has 1 heterocycles. The van der Waals surface area contributed by atoms with Crippen LogP contribution in [0.4, 0.5) is 0 Å². The number of piperidine rings is 1. The van der Waals surface area contributed by atoms with E-state index in [-0.39, 0.29) is 11.8 Å². The van der Waals surface area contributed by atoms with Crippen molar-refractivity contribution in [3.05, 3.63) is 35.9 Å². The highest BCUT2D eigenvalue weighted by molar-refractivity contribution is 5.76. The highest BCUT2D eigenvalue weighted by Crippen LogP contribution is 2.21. The van der Waals surface area contributed by atoms with Crippen molar-refractivity contribution < 1.29 is 4.79 Å². The van der Waals surface area contributed by atoms with E-state index in [1.54, 1.807) is 0 Å². The van der Waals surface area contributed by atoms with E-state index < -0.39 is 0 Å². The van der Waals surface area contributed by atoms with Crippen molar-refractivity contribution >= 4 is 5.91 Å². The summed E-state index contributed by atoms with van der Waals surface area (Å²) in [6.07, 6.45) is 2.97. The predicted molar refractivity (Wildman–Crippen MR) is 96.5 cm³/mol. The van der Waals surface area contributed by atoms with Gasteiger partial charge in [0.1, 0.15) is 0 Å². The van der Waals surface area contributed by atoms with E-state index in [0.717, 1.165) is 31.3 Å². The maximum absolute atomic E-state index is 12.1. The van der Waals surface area contributed by atoms with Crippen molar-refractivity contribution in [1.29, 1.82) is 0 Å². The average Bonchev–Trinajstić information content (AvgIpc) is 2.51. The zero-order chi connectivity index (χ0) is 16.7. The molecule has 23 heavy (non-hydrogen) atoms. The Morgan fingerprint density at radius 1 is 1.22 bits per heavy atom. The molecule has 1 N–H and O–H groups in total. The molecule has 0 spiro atoms. The van der Waals surface area contributed by atoms with E-state index >= 15 is 0 Å². The first-order valence-electron chi connectivity index (χ1n) is 9.08. The summed E-state index contributed by atoms with van der Waals surface area (Å²) >= 11 is 0. The van der Waals surface area contributed by atoms with Gasteiger partial charge in [-0.1, -0.05) is 51.1 Å². The van der Waals surface area contributed by atoms with Crippen LogP contribution >= 0.6 is 0 Å². The summed E-state index contributed by atoms with van der Waals surface area (Å²) in [5.41, 5.74) is 1.24. The summed E-state index contributed by atoms with van der Waals surface area (Å²) < 4.78 is 0. The SMILES string of the molecule is C[C@@H]1C[C@H](C)CN(CCCNC(=O)C[C@@H](C)c2ccccc2)C1. The van der Waals surface area contributed by atoms with Gasteiger partial charge in [0.15, 0.2) is 0 Å². The predicted octanol–water partition coefficient (Wildman–Crippen LogP) is 3.66. The topological polar surface area (TPSA) is 32.3 Å². The van der Waals surface area contributed by atoms with Crippen LogP contribution in [-0.4, -0.2) is 37.0 Å². The van der Waals surface area contributed by atoms with Crippen molar-refractivity contribution in [1.82, 2.24) is 10.2 Å². The monoisotopic (exact) mass is 316 g/mol. The molecule has 3 nitrogen and oxygen atoms in total. The summed E-state index contributed by atoms with van der Waals surface area (Å²) in [7, 11) is 0. The first-order chi connectivity index (χ1) is 11.0. The van der Waals surface area contributed by atoms with Crippen LogP contribution in [-0.2, 0) is 4.79 Å². The molecule has 0 aliphatic carbocycles. The first-order valence-corrected chi connectivity index (χ1v) is 9.08. The number of carbonyl (C=O) groups excluding carboxylic acids is 1. The fourth-order valence-electron chi connectivity index (χ4n) is 3.75. The number of amides is 1. The summed E-state index contributed by atoms with van der Waals surface area (Å²) in [6.45, 7) is 11.1. The maximum Gasteiger partial charge on any atom is 0.220 e. The largest absolute Gasteiger partial charge is 0.356 e. The molecule has 1 aliphatic heterocycles. The normalized spacial score (nSPS) is 23.4. The van der Waals surface area contributed by atoms with Gasteiger partial charge in [-0.2, -0.15) is 0 Å². The molecule has 128 valence electrons. The van der Waals surface area contributed by atoms with Crippen molar-refractivity contribution in [2.24, 2.45) is 11.8 Å². The standard InChI is InChI=1S/C20H32N2O/c1-16-12-17(2)15-22(14-16)11-7-10-21-20(23)13-18(3)19-8-5-4-6-9-19/h4-6,8-9,16-18H,7,10-15H2,1-3H3,(H,21,23)/t16-,17+,18-/m1/s1. The lowest BCUT2D eigenvalue weighted by molar-refractivity contribution is -0.121. The number of nitrogens with one attached hydrogen (secondary N) is 1. The third-order valence-electron chi connectivity index (χ3n) is 4.78. The summed E-state index contributed by atoms with van der Waals surface area (Å²) in [4.78, 5) is 14.6. The number of hydrogen-bond donors (Lipinski definition) is 1. The molecule has 0 bridgehead atoms. The quantitative estimate of drug-likeness (QED) is 0.779. The van der Waals surface area contributed by atoms with E-state index in [1.165, 1.54) is 25.1 Å². The highest BCUT2D eigenvalue weighted by Gasteiger charge is 2.21. The van der Waals surface area contributed by atoms with Gasteiger partial charge in [-0.15, -0.1) is 0 Å². The van der Waals surface area contributed by atoms with Crippen molar-refractivity contribution in [2.45, 2.75) is 46.0 Å². The molecule has 0 aromatic heterocycles. The Labute approximate surface area is 141 Å². The number of likely N-dealkylation sites (tertiary alicyclic amines) is 1. The van der Waals surface area contributed by atoms with Crippen LogP contribution in [0.2, 0.25) is 0 Å². The zero-order valence-corrected chi connectivity index (χ0v) is 14.9. The maximum atomic E-state index is 12.1. The van der Waals surface area contributed by atoms with E-state index in [0.29, 0.717) is 6.42 Å². The minimum Gasteiger partial charge on any atom is -0.356 e. The number of nitrogens with zero attached hydrogens (tertiary/aromatic N) is 1. The Balaban J connectivity index is 1.61. The number of benzene rings is 1. The first kappa shape index (κ1) is 18.0. The third kappa shape index (κ3) is 6.34. The lowest BCUT2D eigenvalue weighted by atomic mass is 9.92. The zero-order valence-electron chi connectivity index (χ0n) is 14.9. The van der Waals surface area contributed by atoms with Crippen LogP contribution in [0.25, 0.3) is 0 Å². The van der Waals surface area contributed by atoms with Gasteiger partial charge < -0.3 is 10.2 Å². The molecular weight excluding hydrogens is 284 g/mol. The molecule has 1 aromatic carbocycles. The van der Waals surface area contributed by atoms with Crippen LogP contribution in [0.3, 0.4) is 0 Å². The van der Waals surface area contributed by atoms with Crippen LogP contribution in [0.1, 0.15) is 51.5 Å². The molecule has 1 amide bonds. The molecule has 0 saturated carbocycles. The highest BCUT2D eigenvalue weighted by atomic mass is 16.1. The van der Waals surface area contributed by atoms with Gasteiger partial charge >= 0.3 is 0 Å². The molecule has 1 fully saturated rings. The molecule has 1 aromatic rings. The number of rotatable bonds is 7. The average molecular weight is 316 g/mol. The van der Waals surface area contributed by atoms with Crippen LogP contribution in [0.5, 0.6) is 0 Å². The van der Waals surface area contributed by atoms with Crippen LogP contribution in [0.15, 0.2) is 30.3 Å². The molecule has 1 aliphatic rings. The minimum atomic E-state index is 0.168. The van der Waals surface area contributed by atoms with Crippen LogP contribution in [0, 0.1) is 11.8 Å². The lowest BCUT2D eigenvalue weighted by Crippen LogP contribution is -2.40. The van der Waals surface area contributed by atoms with Gasteiger partial charge in [-0.3, -0.25) is 4.79 Å². The van der Waals surface area contributed by atoms with Gasteiger partial charge in [-0.25, -0.2) is 0 Å². The van der Waals surface area contributed by atoms with Gasteiger partial charge in [0.2, 0.25) is 5.91 Å². The summed E-state index contributed by atoms with van der Waals surface area (Å²) in [6, 6.07) is 10.3. The van der Waals surface area contributed by atoms with E-state index in [4.69, 9.17) is 0 Å². The summed E-state index contributed by atoms with van der Waals surface area (Å²) in [5.74, 6) is 2.06. The van der Waals surface area contributed by atoms with Gasteiger partial charge in [-0.05, 0) is 42.7 Å². The molecule has 0 radical (unpaired) electrons. The van der Waals surface area contributed by atoms with Gasteiger partial charge in [0, 0.05) is 26.1 Å². The van der Waals surface area contributed by atoms with Crippen molar-refractivity contribution in [3.8, 4) is 0 Å². The second-order valence-electron chi connectivity index (χ2n) is 7.42. The Morgan fingerprint density at radius 2 is 1.87 bits per heavy atom. The molecule has 0 unspecified atom stereocenters. The van der Waals surface area contributed by atoms with Crippen LogP contribution < -0.4 is 5.32 Å². The Hall–Kier alpha value is -1.35. The molecular formula is C20H32N2O. The number of carbonyl (C=O) groups is 1. The van der Waals surface area contributed by atoms with Gasteiger partial charge in [0.25, 0.3) is 0 Å². The second kappa shape index (κ2) is 9.07. The molecule has 3 atom stereocenters. The van der Waals surface area contributed by atoms with E-state index in [1.807, 2.05) is 18.2 Å². The third-order valence-corrected chi connectivity index (χ3v) is 4.78. The Bertz CT molecular complexity index is 464. The minimum absolute atomic E-state index is 0.168.